The first-order valence-electron chi connectivity index (χ1n) is 7.80. The lowest BCUT2D eigenvalue weighted by molar-refractivity contribution is -0.383. The van der Waals surface area contributed by atoms with E-state index in [-0.39, 0.29) is 30.0 Å². The number of para-hydroxylation sites is 2. The highest BCUT2D eigenvalue weighted by molar-refractivity contribution is 7.18. The zero-order chi connectivity index (χ0) is 20.0. The molecular weight excluding hydrogens is 396 g/mol. The van der Waals surface area contributed by atoms with Gasteiger partial charge >= 0.3 is 5.97 Å². The Kier molecular flexibility index (Phi) is 7.03. The van der Waals surface area contributed by atoms with Crippen molar-refractivity contribution in [3.8, 4) is 0 Å². The van der Waals surface area contributed by atoms with Gasteiger partial charge in [-0.2, -0.15) is 0 Å². The van der Waals surface area contributed by atoms with Crippen LogP contribution in [0.3, 0.4) is 0 Å². The SMILES string of the molecule is C[C@H](OC(=O)CCC(=O)c1ccc(Cl)s1)C(=O)Nc1ccccc1[N+](=O)[O-]. The minimum absolute atomic E-state index is 0.000140. The van der Waals surface area contributed by atoms with Crippen LogP contribution in [-0.2, 0) is 14.3 Å². The van der Waals surface area contributed by atoms with E-state index in [0.717, 1.165) is 11.3 Å². The number of amides is 1. The second-order valence-corrected chi connectivity index (χ2v) is 7.14. The van der Waals surface area contributed by atoms with Gasteiger partial charge in [0.15, 0.2) is 11.9 Å². The Hall–Kier alpha value is -2.78. The number of Topliss-reactive ketones (excluding diaryl/α,β-unsaturated/α-hetero) is 1. The van der Waals surface area contributed by atoms with Crippen molar-refractivity contribution in [2.75, 3.05) is 5.32 Å². The van der Waals surface area contributed by atoms with Crippen LogP contribution in [-0.4, -0.2) is 28.7 Å². The van der Waals surface area contributed by atoms with E-state index >= 15 is 0 Å². The van der Waals surface area contributed by atoms with Crippen LogP contribution in [0.25, 0.3) is 0 Å². The van der Waals surface area contributed by atoms with Gasteiger partial charge in [-0.05, 0) is 25.1 Å². The van der Waals surface area contributed by atoms with Crippen LogP contribution in [0, 0.1) is 10.1 Å². The van der Waals surface area contributed by atoms with Crippen molar-refractivity contribution < 1.29 is 24.0 Å². The van der Waals surface area contributed by atoms with Crippen LogP contribution in [0.2, 0.25) is 4.34 Å². The molecule has 1 atom stereocenters. The van der Waals surface area contributed by atoms with Crippen LogP contribution in [0.1, 0.15) is 29.4 Å². The highest BCUT2D eigenvalue weighted by Crippen LogP contribution is 2.24. The van der Waals surface area contributed by atoms with E-state index in [2.05, 4.69) is 5.32 Å². The van der Waals surface area contributed by atoms with E-state index in [4.69, 9.17) is 16.3 Å². The molecule has 1 heterocycles. The lowest BCUT2D eigenvalue weighted by Gasteiger charge is -2.13. The molecule has 0 bridgehead atoms. The molecule has 1 aromatic carbocycles. The lowest BCUT2D eigenvalue weighted by Crippen LogP contribution is -2.30. The molecule has 1 N–H and O–H groups in total. The van der Waals surface area contributed by atoms with Crippen molar-refractivity contribution in [3.05, 3.63) is 55.7 Å². The maximum atomic E-state index is 12.1. The highest BCUT2D eigenvalue weighted by Gasteiger charge is 2.22. The van der Waals surface area contributed by atoms with E-state index in [9.17, 15) is 24.5 Å². The van der Waals surface area contributed by atoms with Crippen LogP contribution in [0.5, 0.6) is 0 Å². The molecular formula is C17H15ClN2O6S. The average Bonchev–Trinajstić information content (AvgIpc) is 3.06. The first kappa shape index (κ1) is 20.5. The average molecular weight is 411 g/mol. The number of nitrogens with zero attached hydrogens (tertiary/aromatic N) is 1. The molecule has 142 valence electrons. The quantitative estimate of drug-likeness (QED) is 0.306. The van der Waals surface area contributed by atoms with Gasteiger partial charge < -0.3 is 10.1 Å². The number of thiophene rings is 1. The van der Waals surface area contributed by atoms with Gasteiger partial charge in [0, 0.05) is 12.5 Å². The fourth-order valence-electron chi connectivity index (χ4n) is 2.09. The summed E-state index contributed by atoms with van der Waals surface area (Å²) in [5.74, 6) is -1.69. The molecule has 0 radical (unpaired) electrons. The number of hydrogen-bond donors (Lipinski definition) is 1. The van der Waals surface area contributed by atoms with Crippen molar-refractivity contribution in [2.24, 2.45) is 0 Å². The van der Waals surface area contributed by atoms with Gasteiger partial charge in [-0.25, -0.2) is 0 Å². The molecule has 2 aromatic rings. The summed E-state index contributed by atoms with van der Waals surface area (Å²) < 4.78 is 5.45. The van der Waals surface area contributed by atoms with Crippen LogP contribution in [0.15, 0.2) is 36.4 Å². The third-order valence-electron chi connectivity index (χ3n) is 3.44. The van der Waals surface area contributed by atoms with Gasteiger partial charge in [0.1, 0.15) is 5.69 Å². The predicted octanol–water partition coefficient (Wildman–Crippen LogP) is 3.84. The maximum absolute atomic E-state index is 12.1. The number of hydrogen-bond acceptors (Lipinski definition) is 7. The molecule has 0 aliphatic rings. The molecule has 1 aromatic heterocycles. The number of nitrogens with one attached hydrogen (secondary N) is 1. The minimum Gasteiger partial charge on any atom is -0.453 e. The maximum Gasteiger partial charge on any atom is 0.307 e. The molecule has 0 unspecified atom stereocenters. The summed E-state index contributed by atoms with van der Waals surface area (Å²) in [4.78, 5) is 46.6. The summed E-state index contributed by atoms with van der Waals surface area (Å²) >= 11 is 6.87. The lowest BCUT2D eigenvalue weighted by atomic mass is 10.2. The fraction of sp³-hybridized carbons (Fsp3) is 0.235. The largest absolute Gasteiger partial charge is 0.453 e. The zero-order valence-electron chi connectivity index (χ0n) is 14.1. The summed E-state index contributed by atoms with van der Waals surface area (Å²) in [5, 5.41) is 13.3. The van der Waals surface area contributed by atoms with E-state index in [1.807, 2.05) is 0 Å². The van der Waals surface area contributed by atoms with Crippen LogP contribution < -0.4 is 5.32 Å². The van der Waals surface area contributed by atoms with E-state index in [0.29, 0.717) is 9.21 Å². The van der Waals surface area contributed by atoms with Crippen molar-refractivity contribution in [3.63, 3.8) is 0 Å². The minimum atomic E-state index is -1.18. The Morgan fingerprint density at radius 3 is 2.56 bits per heavy atom. The van der Waals surface area contributed by atoms with E-state index in [1.54, 1.807) is 12.1 Å². The Bertz CT molecular complexity index is 882. The second kappa shape index (κ2) is 9.24. The summed E-state index contributed by atoms with van der Waals surface area (Å²) in [5.41, 5.74) is -0.273. The Morgan fingerprint density at radius 2 is 1.93 bits per heavy atom. The number of rotatable bonds is 8. The number of nitro benzene ring substituents is 1. The Morgan fingerprint density at radius 1 is 1.22 bits per heavy atom. The summed E-state index contributed by atoms with van der Waals surface area (Å²) in [6.07, 6.45) is -1.45. The van der Waals surface area contributed by atoms with Crippen molar-refractivity contribution in [2.45, 2.75) is 25.9 Å². The van der Waals surface area contributed by atoms with Crippen molar-refractivity contribution >= 4 is 52.0 Å². The number of esters is 1. The van der Waals surface area contributed by atoms with E-state index in [1.165, 1.54) is 31.2 Å². The standard InChI is InChI=1S/C17H15ClN2O6S/c1-10(17(23)19-11-4-2-3-5-12(11)20(24)25)26-16(22)9-6-13(21)14-7-8-15(18)27-14/h2-5,7-8,10H,6,9H2,1H3,(H,19,23)/t10-/m0/s1. The molecule has 0 aliphatic heterocycles. The van der Waals surface area contributed by atoms with E-state index < -0.39 is 22.9 Å². The highest BCUT2D eigenvalue weighted by atomic mass is 35.5. The monoisotopic (exact) mass is 410 g/mol. The van der Waals surface area contributed by atoms with Gasteiger partial charge in [-0.15, -0.1) is 11.3 Å². The summed E-state index contributed by atoms with van der Waals surface area (Å²) in [7, 11) is 0. The van der Waals surface area contributed by atoms with Crippen LogP contribution >= 0.6 is 22.9 Å². The van der Waals surface area contributed by atoms with Crippen molar-refractivity contribution in [1.29, 1.82) is 0 Å². The number of anilines is 1. The normalized spacial score (nSPS) is 11.5. The Balaban J connectivity index is 1.86. The first-order valence-corrected chi connectivity index (χ1v) is 8.99. The van der Waals surface area contributed by atoms with Gasteiger partial charge in [-0.3, -0.25) is 24.5 Å². The third-order valence-corrected chi connectivity index (χ3v) is 4.71. The molecule has 0 saturated heterocycles. The summed E-state index contributed by atoms with van der Waals surface area (Å²) in [6.45, 7) is 1.34. The molecule has 0 fully saturated rings. The van der Waals surface area contributed by atoms with Gasteiger partial charge in [-0.1, -0.05) is 23.7 Å². The number of carbonyl (C=O) groups excluding carboxylic acids is 3. The molecule has 2 rings (SSSR count). The van der Waals surface area contributed by atoms with Crippen molar-refractivity contribution in [1.82, 2.24) is 0 Å². The van der Waals surface area contributed by atoms with Gasteiger partial charge in [0.2, 0.25) is 0 Å². The number of ketones is 1. The first-order chi connectivity index (χ1) is 12.8. The molecule has 0 spiro atoms. The zero-order valence-corrected chi connectivity index (χ0v) is 15.7. The number of nitro groups is 1. The predicted molar refractivity (Wildman–Crippen MR) is 100 cm³/mol. The number of ether oxygens (including phenoxy) is 1. The molecule has 0 aliphatic carbocycles. The number of halogens is 1. The number of carbonyl (C=O) groups is 3. The fourth-order valence-corrected chi connectivity index (χ4v) is 3.10. The Labute approximate surface area is 163 Å². The van der Waals surface area contributed by atoms with Gasteiger partial charge in [0.25, 0.3) is 11.6 Å². The molecule has 1 amide bonds. The van der Waals surface area contributed by atoms with Gasteiger partial charge in [0.05, 0.1) is 20.6 Å². The second-order valence-electron chi connectivity index (χ2n) is 5.42. The summed E-state index contributed by atoms with van der Waals surface area (Å²) in [6, 6.07) is 8.78. The third kappa shape index (κ3) is 5.87. The topological polar surface area (TPSA) is 116 Å². The van der Waals surface area contributed by atoms with Crippen LogP contribution in [0.4, 0.5) is 11.4 Å². The molecule has 8 nitrogen and oxygen atoms in total. The molecule has 10 heteroatoms. The smallest absolute Gasteiger partial charge is 0.307 e. The molecule has 0 saturated carbocycles. The molecule has 27 heavy (non-hydrogen) atoms. The number of benzene rings is 1.